The van der Waals surface area contributed by atoms with Gasteiger partial charge in [0, 0.05) is 7.11 Å². The number of hydrogen-bond donors (Lipinski definition) is 1. The van der Waals surface area contributed by atoms with Gasteiger partial charge in [-0.1, -0.05) is 6.92 Å². The zero-order valence-electron chi connectivity index (χ0n) is 15.6. The van der Waals surface area contributed by atoms with E-state index in [9.17, 15) is 4.57 Å². The maximum Gasteiger partial charge on any atom is 0.475 e. The fraction of sp³-hybridized carbons (Fsp3) is 0.667. The van der Waals surface area contributed by atoms with Gasteiger partial charge in [-0.05, 0) is 13.3 Å². The summed E-state index contributed by atoms with van der Waals surface area (Å²) in [6, 6.07) is 0. The number of nitrogen functional groups attached to an aromatic ring is 1. The van der Waals surface area contributed by atoms with Crippen LogP contribution in [0.2, 0.25) is 0 Å². The molecule has 0 spiro atoms. The molecule has 11 nitrogen and oxygen atoms in total. The van der Waals surface area contributed by atoms with E-state index in [-0.39, 0.29) is 24.1 Å². The summed E-state index contributed by atoms with van der Waals surface area (Å²) in [5, 5.41) is 0. The smallest absolute Gasteiger partial charge is 0.475 e. The lowest BCUT2D eigenvalue weighted by atomic mass is 9.98. The van der Waals surface area contributed by atoms with Gasteiger partial charge in [0.25, 0.3) is 0 Å². The van der Waals surface area contributed by atoms with Crippen molar-refractivity contribution in [3.05, 3.63) is 6.33 Å². The Labute approximate surface area is 159 Å². The molecule has 0 aliphatic carbocycles. The van der Waals surface area contributed by atoms with Crippen molar-refractivity contribution >= 4 is 24.9 Å². The Balaban J connectivity index is 1.72. The Bertz CT molecular complexity index is 939. The molecule has 28 heavy (non-hydrogen) atoms. The van der Waals surface area contributed by atoms with Gasteiger partial charge in [-0.3, -0.25) is 18.1 Å². The van der Waals surface area contributed by atoms with Gasteiger partial charge in [0.15, 0.2) is 23.1 Å². The summed E-state index contributed by atoms with van der Waals surface area (Å²) in [5.74, 6) is 0.169. The highest BCUT2D eigenvalue weighted by molar-refractivity contribution is 7.48. The number of phosphoric acid groups is 1. The first kappa shape index (κ1) is 19.5. The molecule has 0 saturated carbocycles. The van der Waals surface area contributed by atoms with Gasteiger partial charge in [-0.2, -0.15) is 9.97 Å². The molecule has 4 heterocycles. The van der Waals surface area contributed by atoms with Crippen LogP contribution in [0.4, 0.5) is 10.3 Å². The minimum Gasteiger partial charge on any atom is -0.476 e. The predicted octanol–water partition coefficient (Wildman–Crippen LogP) is 1.99. The third-order valence-electron chi connectivity index (χ3n) is 4.65. The summed E-state index contributed by atoms with van der Waals surface area (Å²) in [5.41, 5.74) is 4.28. The SMILES string of the molecule is CCCOc1nc(N)nc2c1ncn2[C@@H]1O[C@@H]2COP(=O)(OC)O[C@H]2[C@@]1(C)F. The number of imidazole rings is 1. The maximum atomic E-state index is 15.7. The minimum atomic E-state index is -3.83. The van der Waals surface area contributed by atoms with Crippen LogP contribution in [0.15, 0.2) is 6.33 Å². The number of nitrogens with zero attached hydrogens (tertiary/aromatic N) is 4. The molecule has 1 unspecified atom stereocenters. The van der Waals surface area contributed by atoms with E-state index in [1.807, 2.05) is 6.92 Å². The molecule has 2 saturated heterocycles. The standard InChI is InChI=1S/C15H21FN5O6P/c1-4-5-24-12-9-11(19-14(17)20-12)21(7-18-9)13-15(2,16)10-8(26-13)6-25-28(22,23-3)27-10/h7-8,10,13H,4-6H2,1-3H3,(H2,17,19,20)/t8-,10-,13-,15-,28?/m1/s1. The van der Waals surface area contributed by atoms with Gasteiger partial charge < -0.3 is 15.2 Å². The Morgan fingerprint density at radius 1 is 1.50 bits per heavy atom. The molecule has 154 valence electrons. The number of ether oxygens (including phenoxy) is 2. The summed E-state index contributed by atoms with van der Waals surface area (Å²) in [7, 11) is -2.66. The third-order valence-corrected chi connectivity index (χ3v) is 6.04. The summed E-state index contributed by atoms with van der Waals surface area (Å²) < 4.78 is 55.9. The lowest BCUT2D eigenvalue weighted by Gasteiger charge is -2.33. The molecule has 2 aromatic rings. The fourth-order valence-corrected chi connectivity index (χ4v) is 4.52. The van der Waals surface area contributed by atoms with Crippen LogP contribution in [0.5, 0.6) is 5.88 Å². The fourth-order valence-electron chi connectivity index (χ4n) is 3.32. The Hall–Kier alpha value is -1.85. The van der Waals surface area contributed by atoms with Crippen LogP contribution in [-0.2, 0) is 22.9 Å². The van der Waals surface area contributed by atoms with E-state index < -0.39 is 31.9 Å². The lowest BCUT2D eigenvalue weighted by molar-refractivity contribution is -0.0686. The zero-order valence-corrected chi connectivity index (χ0v) is 16.5. The molecule has 2 fully saturated rings. The number of nitrogens with two attached hydrogens (primary N) is 1. The summed E-state index contributed by atoms with van der Waals surface area (Å²) >= 11 is 0. The van der Waals surface area contributed by atoms with Crippen LogP contribution in [0, 0.1) is 0 Å². The number of rotatable bonds is 5. The number of anilines is 1. The van der Waals surface area contributed by atoms with Crippen molar-refractivity contribution in [3.8, 4) is 5.88 Å². The van der Waals surface area contributed by atoms with E-state index >= 15 is 4.39 Å². The molecule has 2 aliphatic heterocycles. The van der Waals surface area contributed by atoms with Crippen LogP contribution >= 0.6 is 7.82 Å². The summed E-state index contributed by atoms with van der Waals surface area (Å²) in [6.07, 6.45) is -0.989. The van der Waals surface area contributed by atoms with E-state index in [1.165, 1.54) is 24.9 Å². The van der Waals surface area contributed by atoms with Gasteiger partial charge >= 0.3 is 7.82 Å². The van der Waals surface area contributed by atoms with Crippen molar-refractivity contribution in [3.63, 3.8) is 0 Å². The molecule has 13 heteroatoms. The molecule has 2 N–H and O–H groups in total. The summed E-state index contributed by atoms with van der Waals surface area (Å²) in [4.78, 5) is 12.5. The first-order chi connectivity index (χ1) is 13.3. The van der Waals surface area contributed by atoms with E-state index in [1.54, 1.807) is 0 Å². The molecule has 0 radical (unpaired) electrons. The normalized spacial score (nSPS) is 35.2. The highest BCUT2D eigenvalue weighted by Gasteiger charge is 2.61. The van der Waals surface area contributed by atoms with Crippen LogP contribution in [-0.4, -0.2) is 57.7 Å². The Morgan fingerprint density at radius 2 is 2.29 bits per heavy atom. The molecule has 5 atom stereocenters. The number of phosphoric ester groups is 1. The summed E-state index contributed by atoms with van der Waals surface area (Å²) in [6.45, 7) is 3.52. The van der Waals surface area contributed by atoms with Crippen molar-refractivity contribution in [1.29, 1.82) is 0 Å². The lowest BCUT2D eigenvalue weighted by Crippen LogP contribution is -2.44. The second-order valence-corrected chi connectivity index (χ2v) is 8.42. The second kappa shape index (κ2) is 6.89. The van der Waals surface area contributed by atoms with Crippen LogP contribution < -0.4 is 10.5 Å². The van der Waals surface area contributed by atoms with E-state index in [4.69, 9.17) is 28.8 Å². The van der Waals surface area contributed by atoms with Crippen molar-refractivity contribution in [1.82, 2.24) is 19.5 Å². The van der Waals surface area contributed by atoms with Crippen molar-refractivity contribution in [2.24, 2.45) is 0 Å². The van der Waals surface area contributed by atoms with E-state index in [0.29, 0.717) is 12.1 Å². The molecule has 2 aromatic heterocycles. The van der Waals surface area contributed by atoms with Gasteiger partial charge in [-0.25, -0.2) is 13.9 Å². The first-order valence-electron chi connectivity index (χ1n) is 8.75. The van der Waals surface area contributed by atoms with Crippen molar-refractivity contribution in [2.45, 2.75) is 44.4 Å². The molecule has 0 aromatic carbocycles. The molecule has 0 bridgehead atoms. The quantitative estimate of drug-likeness (QED) is 0.720. The molecular formula is C15H21FN5O6P. The first-order valence-corrected chi connectivity index (χ1v) is 10.2. The van der Waals surface area contributed by atoms with Gasteiger partial charge in [-0.15, -0.1) is 0 Å². The topological polar surface area (TPSA) is 133 Å². The number of hydrogen-bond acceptors (Lipinski definition) is 10. The van der Waals surface area contributed by atoms with E-state index in [2.05, 4.69) is 15.0 Å². The number of alkyl halides is 1. The van der Waals surface area contributed by atoms with Gasteiger partial charge in [0.2, 0.25) is 11.8 Å². The molecule has 2 aliphatic rings. The monoisotopic (exact) mass is 417 g/mol. The van der Waals surface area contributed by atoms with Crippen molar-refractivity contribution < 1.29 is 32.0 Å². The third kappa shape index (κ3) is 3.05. The number of halogens is 1. The average molecular weight is 417 g/mol. The largest absolute Gasteiger partial charge is 0.476 e. The second-order valence-electron chi connectivity index (χ2n) is 6.69. The number of aromatic nitrogens is 4. The van der Waals surface area contributed by atoms with Gasteiger partial charge in [0.1, 0.15) is 12.2 Å². The average Bonchev–Trinajstić information content (AvgIpc) is 3.18. The van der Waals surface area contributed by atoms with Crippen molar-refractivity contribution in [2.75, 3.05) is 26.1 Å². The van der Waals surface area contributed by atoms with Crippen LogP contribution in [0.1, 0.15) is 26.5 Å². The van der Waals surface area contributed by atoms with Crippen LogP contribution in [0.25, 0.3) is 11.2 Å². The predicted molar refractivity (Wildman–Crippen MR) is 94.4 cm³/mol. The van der Waals surface area contributed by atoms with Gasteiger partial charge in [0.05, 0.1) is 19.5 Å². The molecule has 4 rings (SSSR count). The number of fused-ring (bicyclic) bond motifs is 2. The molecule has 0 amide bonds. The highest BCUT2D eigenvalue weighted by Crippen LogP contribution is 2.59. The van der Waals surface area contributed by atoms with Crippen LogP contribution in [0.3, 0.4) is 0 Å². The molecular weight excluding hydrogens is 396 g/mol. The Kier molecular flexibility index (Phi) is 4.79. The maximum absolute atomic E-state index is 15.7. The zero-order chi connectivity index (χ0) is 20.1. The van der Waals surface area contributed by atoms with E-state index in [0.717, 1.165) is 6.42 Å². The minimum absolute atomic E-state index is 0.0419. The highest BCUT2D eigenvalue weighted by atomic mass is 31.2. The Morgan fingerprint density at radius 3 is 3.00 bits per heavy atom.